The number of aromatic nitrogens is 1. The first-order chi connectivity index (χ1) is 16.4. The second-order valence-corrected chi connectivity index (χ2v) is 8.96. The van der Waals surface area contributed by atoms with Crippen LogP contribution in [0.4, 0.5) is 4.39 Å². The van der Waals surface area contributed by atoms with Gasteiger partial charge in [0.15, 0.2) is 11.6 Å². The molecular weight excluding hydrogens is 433 g/mol. The minimum absolute atomic E-state index is 0.0517. The number of aryl methyl sites for hydroxylation is 1. The Hall–Kier alpha value is -3.48. The van der Waals surface area contributed by atoms with Crippen LogP contribution < -0.4 is 5.32 Å². The lowest BCUT2D eigenvalue weighted by Gasteiger charge is -2.26. The van der Waals surface area contributed by atoms with Crippen LogP contribution in [0.5, 0.6) is 0 Å². The standard InChI is InChI=1S/C27H30FN3O3/c1-4-24-29-22(16-34-24)27(33)31-15-21(28)14-23(31)26(32)30-25(19-8-6-5-7-9-19)20-12-10-18(11-13-20)17(2)3/h5-13,16-17,21,23,25H,4,14-15H2,1-3H3,(H,30,32). The van der Waals surface area contributed by atoms with E-state index in [2.05, 4.69) is 36.3 Å². The van der Waals surface area contributed by atoms with Crippen molar-refractivity contribution >= 4 is 11.8 Å². The molecule has 3 unspecified atom stereocenters. The Labute approximate surface area is 199 Å². The van der Waals surface area contributed by atoms with Crippen molar-refractivity contribution in [2.45, 2.75) is 57.8 Å². The molecule has 0 saturated carbocycles. The Morgan fingerprint density at radius 3 is 2.35 bits per heavy atom. The van der Waals surface area contributed by atoms with Crippen molar-refractivity contribution in [1.29, 1.82) is 0 Å². The quantitative estimate of drug-likeness (QED) is 0.545. The molecule has 1 aromatic heterocycles. The largest absolute Gasteiger partial charge is 0.448 e. The number of carbonyl (C=O) groups excluding carboxylic acids is 2. The maximum Gasteiger partial charge on any atom is 0.276 e. The van der Waals surface area contributed by atoms with Crippen LogP contribution in [0, 0.1) is 0 Å². The number of alkyl halides is 1. The maximum atomic E-state index is 14.4. The summed E-state index contributed by atoms with van der Waals surface area (Å²) >= 11 is 0. The summed E-state index contributed by atoms with van der Waals surface area (Å²) < 4.78 is 19.7. The number of nitrogens with zero attached hydrogens (tertiary/aromatic N) is 2. The summed E-state index contributed by atoms with van der Waals surface area (Å²) in [4.78, 5) is 31.9. The van der Waals surface area contributed by atoms with Crippen molar-refractivity contribution in [1.82, 2.24) is 15.2 Å². The zero-order valence-corrected chi connectivity index (χ0v) is 19.7. The van der Waals surface area contributed by atoms with Crippen LogP contribution in [0.2, 0.25) is 0 Å². The van der Waals surface area contributed by atoms with Crippen LogP contribution in [0.25, 0.3) is 0 Å². The molecule has 1 N–H and O–H groups in total. The minimum atomic E-state index is -1.28. The van der Waals surface area contributed by atoms with Crippen LogP contribution in [-0.2, 0) is 11.2 Å². The van der Waals surface area contributed by atoms with Crippen LogP contribution in [0.3, 0.4) is 0 Å². The number of carbonyl (C=O) groups is 2. The molecule has 2 amide bonds. The molecule has 2 heterocycles. The van der Waals surface area contributed by atoms with Crippen LogP contribution in [0.15, 0.2) is 65.3 Å². The number of oxazole rings is 1. The van der Waals surface area contributed by atoms with Crippen LogP contribution >= 0.6 is 0 Å². The second-order valence-electron chi connectivity index (χ2n) is 8.96. The number of hydrogen-bond donors (Lipinski definition) is 1. The molecule has 0 bridgehead atoms. The number of nitrogens with one attached hydrogen (secondary N) is 1. The SMILES string of the molecule is CCc1nc(C(=O)N2CC(F)CC2C(=O)NC(c2ccccc2)c2ccc(C(C)C)cc2)co1. The molecule has 2 aromatic carbocycles. The third-order valence-electron chi connectivity index (χ3n) is 6.24. The Morgan fingerprint density at radius 1 is 1.09 bits per heavy atom. The van der Waals surface area contributed by atoms with Gasteiger partial charge in [0, 0.05) is 12.8 Å². The van der Waals surface area contributed by atoms with Crippen molar-refractivity contribution in [3.63, 3.8) is 0 Å². The fourth-order valence-corrected chi connectivity index (χ4v) is 4.29. The van der Waals surface area contributed by atoms with Crippen molar-refractivity contribution in [2.75, 3.05) is 6.54 Å². The topological polar surface area (TPSA) is 75.4 Å². The number of amides is 2. The number of rotatable bonds is 7. The Morgan fingerprint density at radius 2 is 1.74 bits per heavy atom. The van der Waals surface area contributed by atoms with E-state index in [0.29, 0.717) is 18.2 Å². The highest BCUT2D eigenvalue weighted by Gasteiger charge is 2.41. The average Bonchev–Trinajstić information content (AvgIpc) is 3.49. The lowest BCUT2D eigenvalue weighted by molar-refractivity contribution is -0.125. The molecule has 3 atom stereocenters. The smallest absolute Gasteiger partial charge is 0.276 e. The summed E-state index contributed by atoms with van der Waals surface area (Å²) in [5.41, 5.74) is 3.12. The molecule has 178 valence electrons. The molecule has 7 heteroatoms. The highest BCUT2D eigenvalue weighted by Crippen LogP contribution is 2.27. The summed E-state index contributed by atoms with van der Waals surface area (Å²) in [6, 6.07) is 16.4. The van der Waals surface area contributed by atoms with Gasteiger partial charge in [-0.1, -0.05) is 75.4 Å². The van der Waals surface area contributed by atoms with Gasteiger partial charge in [-0.25, -0.2) is 9.37 Å². The molecule has 1 aliphatic rings. The predicted molar refractivity (Wildman–Crippen MR) is 127 cm³/mol. The highest BCUT2D eigenvalue weighted by atomic mass is 19.1. The fourth-order valence-electron chi connectivity index (χ4n) is 4.29. The van der Waals surface area contributed by atoms with Crippen molar-refractivity contribution < 1.29 is 18.4 Å². The van der Waals surface area contributed by atoms with Gasteiger partial charge in [0.1, 0.15) is 18.5 Å². The predicted octanol–water partition coefficient (Wildman–Crippen LogP) is 4.82. The normalized spacial score (nSPS) is 18.8. The molecule has 0 radical (unpaired) electrons. The van der Waals surface area contributed by atoms with E-state index in [0.717, 1.165) is 11.1 Å². The summed E-state index contributed by atoms with van der Waals surface area (Å²) in [5, 5.41) is 3.07. The Balaban J connectivity index is 1.59. The molecule has 3 aromatic rings. The third kappa shape index (κ3) is 5.03. The molecule has 6 nitrogen and oxygen atoms in total. The van der Waals surface area contributed by atoms with E-state index in [9.17, 15) is 14.0 Å². The summed E-state index contributed by atoms with van der Waals surface area (Å²) in [6.07, 6.45) is 0.476. The lowest BCUT2D eigenvalue weighted by atomic mass is 9.95. The first-order valence-electron chi connectivity index (χ1n) is 11.7. The van der Waals surface area contributed by atoms with Gasteiger partial charge in [-0.05, 0) is 22.6 Å². The monoisotopic (exact) mass is 463 g/mol. The Bertz CT molecular complexity index is 1130. The lowest BCUT2D eigenvalue weighted by Crippen LogP contribution is -2.47. The van der Waals surface area contributed by atoms with Gasteiger partial charge in [0.05, 0.1) is 12.6 Å². The number of halogens is 1. The zero-order valence-electron chi connectivity index (χ0n) is 19.7. The first kappa shape index (κ1) is 23.7. The van der Waals surface area contributed by atoms with E-state index in [4.69, 9.17) is 4.42 Å². The molecule has 34 heavy (non-hydrogen) atoms. The Kier molecular flexibility index (Phi) is 7.10. The van der Waals surface area contributed by atoms with E-state index in [-0.39, 0.29) is 18.7 Å². The van der Waals surface area contributed by atoms with Gasteiger partial charge in [-0.15, -0.1) is 0 Å². The van der Waals surface area contributed by atoms with Crippen molar-refractivity contribution in [3.8, 4) is 0 Å². The third-order valence-corrected chi connectivity index (χ3v) is 6.24. The van der Waals surface area contributed by atoms with Crippen LogP contribution in [-0.4, -0.2) is 40.5 Å². The van der Waals surface area contributed by atoms with E-state index in [1.807, 2.05) is 49.4 Å². The van der Waals surface area contributed by atoms with Gasteiger partial charge in [0.2, 0.25) is 5.91 Å². The summed E-state index contributed by atoms with van der Waals surface area (Å²) in [7, 11) is 0. The second kappa shape index (κ2) is 10.2. The zero-order chi connectivity index (χ0) is 24.2. The van der Waals surface area contributed by atoms with Gasteiger partial charge in [0.25, 0.3) is 5.91 Å². The van der Waals surface area contributed by atoms with Crippen LogP contribution in [0.1, 0.15) is 72.2 Å². The van der Waals surface area contributed by atoms with E-state index < -0.39 is 30.1 Å². The molecule has 1 fully saturated rings. The van der Waals surface area contributed by atoms with E-state index >= 15 is 0 Å². The molecule has 0 spiro atoms. The molecule has 0 aliphatic carbocycles. The van der Waals surface area contributed by atoms with Gasteiger partial charge in [-0.2, -0.15) is 0 Å². The molecular formula is C27H30FN3O3. The van der Waals surface area contributed by atoms with E-state index in [1.54, 1.807) is 0 Å². The number of benzene rings is 2. The van der Waals surface area contributed by atoms with Gasteiger partial charge >= 0.3 is 0 Å². The number of likely N-dealkylation sites (tertiary alicyclic amines) is 1. The molecule has 1 saturated heterocycles. The highest BCUT2D eigenvalue weighted by molar-refractivity contribution is 5.96. The maximum absolute atomic E-state index is 14.4. The minimum Gasteiger partial charge on any atom is -0.448 e. The van der Waals surface area contributed by atoms with Gasteiger partial charge in [-0.3, -0.25) is 9.59 Å². The average molecular weight is 464 g/mol. The van der Waals surface area contributed by atoms with Crippen molar-refractivity contribution in [3.05, 3.63) is 89.1 Å². The molecule has 1 aliphatic heterocycles. The summed E-state index contributed by atoms with van der Waals surface area (Å²) in [6.45, 7) is 5.97. The fraction of sp³-hybridized carbons (Fsp3) is 0.370. The van der Waals surface area contributed by atoms with E-state index in [1.165, 1.54) is 16.7 Å². The first-order valence-corrected chi connectivity index (χ1v) is 11.7. The summed E-state index contributed by atoms with van der Waals surface area (Å²) in [5.74, 6) is -0.0757. The number of hydrogen-bond acceptors (Lipinski definition) is 4. The van der Waals surface area contributed by atoms with Gasteiger partial charge < -0.3 is 14.6 Å². The van der Waals surface area contributed by atoms with Crippen molar-refractivity contribution in [2.24, 2.45) is 0 Å². The molecule has 4 rings (SSSR count).